The molecule has 2 aromatic heterocycles. The fourth-order valence-corrected chi connectivity index (χ4v) is 3.45. The predicted molar refractivity (Wildman–Crippen MR) is 100 cm³/mol. The number of halogens is 6. The Morgan fingerprint density at radius 2 is 1.88 bits per heavy atom. The van der Waals surface area contributed by atoms with E-state index in [2.05, 4.69) is 15.2 Å². The molecule has 3 heterocycles. The first-order chi connectivity index (χ1) is 15.6. The number of benzene rings is 1. The standard InChI is InChI=1S/C20H15F6N5O2/c21-13-2-1-3-14(31-28-7-8-29-31)17(13)18(32)30-9-6-19(22,23)15(30)11-33-16-5-4-12(10-27-16)20(24,25)26/h1-5,7-8,10,15H,6,9,11H2. The average molecular weight is 471 g/mol. The summed E-state index contributed by atoms with van der Waals surface area (Å²) in [6, 6.07) is 3.47. The second kappa shape index (κ2) is 8.37. The molecule has 1 atom stereocenters. The van der Waals surface area contributed by atoms with Crippen LogP contribution < -0.4 is 4.74 Å². The normalized spacial score (nSPS) is 17.9. The highest BCUT2D eigenvalue weighted by molar-refractivity contribution is 5.98. The van der Waals surface area contributed by atoms with Crippen LogP contribution in [0.4, 0.5) is 26.3 Å². The van der Waals surface area contributed by atoms with Crippen LogP contribution in [0.2, 0.25) is 0 Å². The Morgan fingerprint density at radius 1 is 1.15 bits per heavy atom. The van der Waals surface area contributed by atoms with Gasteiger partial charge in [0.05, 0.1) is 18.0 Å². The van der Waals surface area contributed by atoms with Crippen LogP contribution in [0.25, 0.3) is 5.69 Å². The van der Waals surface area contributed by atoms with E-state index in [1.165, 1.54) is 24.5 Å². The molecule has 7 nitrogen and oxygen atoms in total. The molecule has 174 valence electrons. The monoisotopic (exact) mass is 471 g/mol. The number of hydrogen-bond donors (Lipinski definition) is 0. The van der Waals surface area contributed by atoms with E-state index >= 15 is 0 Å². The van der Waals surface area contributed by atoms with Crippen molar-refractivity contribution in [2.24, 2.45) is 0 Å². The molecule has 1 amide bonds. The summed E-state index contributed by atoms with van der Waals surface area (Å²) in [5.41, 5.74) is -1.56. The number of alkyl halides is 5. The molecule has 1 unspecified atom stereocenters. The Bertz CT molecular complexity index is 1130. The van der Waals surface area contributed by atoms with E-state index in [9.17, 15) is 31.1 Å². The van der Waals surface area contributed by atoms with Crippen LogP contribution in [-0.2, 0) is 6.18 Å². The quantitative estimate of drug-likeness (QED) is 0.530. The van der Waals surface area contributed by atoms with Gasteiger partial charge >= 0.3 is 6.18 Å². The number of aromatic nitrogens is 4. The van der Waals surface area contributed by atoms with Crippen molar-refractivity contribution >= 4 is 5.91 Å². The van der Waals surface area contributed by atoms with Crippen molar-refractivity contribution in [1.29, 1.82) is 0 Å². The van der Waals surface area contributed by atoms with Gasteiger partial charge in [0, 0.05) is 25.2 Å². The number of carbonyl (C=O) groups is 1. The fraction of sp³-hybridized carbons (Fsp3) is 0.300. The average Bonchev–Trinajstić information content (AvgIpc) is 3.39. The van der Waals surface area contributed by atoms with Gasteiger partial charge < -0.3 is 9.64 Å². The molecule has 13 heteroatoms. The van der Waals surface area contributed by atoms with E-state index in [0.717, 1.165) is 21.8 Å². The van der Waals surface area contributed by atoms with Gasteiger partial charge in [-0.25, -0.2) is 18.2 Å². The summed E-state index contributed by atoms with van der Waals surface area (Å²) >= 11 is 0. The van der Waals surface area contributed by atoms with Crippen molar-refractivity contribution in [3.8, 4) is 11.6 Å². The van der Waals surface area contributed by atoms with Crippen LogP contribution in [0.15, 0.2) is 48.9 Å². The maximum atomic E-state index is 14.6. The van der Waals surface area contributed by atoms with Crippen molar-refractivity contribution in [3.05, 3.63) is 65.9 Å². The van der Waals surface area contributed by atoms with Gasteiger partial charge in [-0.3, -0.25) is 4.79 Å². The predicted octanol–water partition coefficient (Wildman–Crippen LogP) is 3.75. The molecule has 0 bridgehead atoms. The third-order valence-corrected chi connectivity index (χ3v) is 5.10. The minimum Gasteiger partial charge on any atom is -0.475 e. The first kappa shape index (κ1) is 22.6. The highest BCUT2D eigenvalue weighted by atomic mass is 19.4. The van der Waals surface area contributed by atoms with Crippen LogP contribution in [0, 0.1) is 5.82 Å². The van der Waals surface area contributed by atoms with Crippen molar-refractivity contribution in [2.75, 3.05) is 13.2 Å². The Hall–Kier alpha value is -3.64. The van der Waals surface area contributed by atoms with Gasteiger partial charge in [0.25, 0.3) is 11.8 Å². The lowest BCUT2D eigenvalue weighted by Crippen LogP contribution is -2.46. The second-order valence-corrected chi connectivity index (χ2v) is 7.17. The topological polar surface area (TPSA) is 73.1 Å². The van der Waals surface area contributed by atoms with Crippen LogP contribution >= 0.6 is 0 Å². The summed E-state index contributed by atoms with van der Waals surface area (Å²) in [7, 11) is 0. The molecule has 0 spiro atoms. The lowest BCUT2D eigenvalue weighted by atomic mass is 10.1. The highest BCUT2D eigenvalue weighted by Crippen LogP contribution is 2.36. The number of amides is 1. The molecule has 0 N–H and O–H groups in total. The van der Waals surface area contributed by atoms with E-state index in [0.29, 0.717) is 12.3 Å². The zero-order chi connectivity index (χ0) is 23.8. The van der Waals surface area contributed by atoms with Crippen molar-refractivity contribution in [2.45, 2.75) is 24.6 Å². The summed E-state index contributed by atoms with van der Waals surface area (Å²) in [5.74, 6) is -5.68. The fourth-order valence-electron chi connectivity index (χ4n) is 3.45. The molecule has 3 aromatic rings. The molecular formula is C20H15F6N5O2. The number of hydrogen-bond acceptors (Lipinski definition) is 5. The van der Waals surface area contributed by atoms with Crippen molar-refractivity contribution in [3.63, 3.8) is 0 Å². The van der Waals surface area contributed by atoms with E-state index in [4.69, 9.17) is 4.74 Å². The number of rotatable bonds is 5. The van der Waals surface area contributed by atoms with Crippen LogP contribution in [0.1, 0.15) is 22.3 Å². The van der Waals surface area contributed by atoms with Gasteiger partial charge in [-0.15, -0.1) is 0 Å². The first-order valence-corrected chi connectivity index (χ1v) is 9.58. The zero-order valence-corrected chi connectivity index (χ0v) is 16.6. The van der Waals surface area contributed by atoms with E-state index in [1.54, 1.807) is 0 Å². The summed E-state index contributed by atoms with van der Waals surface area (Å²) in [5, 5.41) is 7.70. The third-order valence-electron chi connectivity index (χ3n) is 5.10. The molecule has 33 heavy (non-hydrogen) atoms. The zero-order valence-electron chi connectivity index (χ0n) is 16.6. The van der Waals surface area contributed by atoms with Crippen LogP contribution in [0.3, 0.4) is 0 Å². The Morgan fingerprint density at radius 3 is 2.52 bits per heavy atom. The van der Waals surface area contributed by atoms with E-state index in [-0.39, 0.29) is 18.1 Å². The smallest absolute Gasteiger partial charge is 0.417 e. The van der Waals surface area contributed by atoms with Gasteiger partial charge in [-0.05, 0) is 18.2 Å². The second-order valence-electron chi connectivity index (χ2n) is 7.17. The third kappa shape index (κ3) is 4.47. The molecule has 4 rings (SSSR count). The molecular weight excluding hydrogens is 456 g/mol. The largest absolute Gasteiger partial charge is 0.475 e. The maximum absolute atomic E-state index is 14.6. The number of pyridine rings is 1. The lowest BCUT2D eigenvalue weighted by Gasteiger charge is -2.28. The number of carbonyl (C=O) groups excluding carboxylic acids is 1. The van der Waals surface area contributed by atoms with Crippen LogP contribution in [-0.4, -0.2) is 55.9 Å². The maximum Gasteiger partial charge on any atom is 0.417 e. The SMILES string of the molecule is O=C(c1c(F)cccc1-n1nccn1)N1CCC(F)(F)C1COc1ccc(C(F)(F)F)cn1. The molecule has 1 saturated heterocycles. The molecule has 1 aliphatic rings. The number of ether oxygens (including phenoxy) is 1. The molecule has 0 radical (unpaired) electrons. The van der Waals surface area contributed by atoms with E-state index in [1.807, 2.05) is 0 Å². The van der Waals surface area contributed by atoms with Crippen LogP contribution in [0.5, 0.6) is 5.88 Å². The van der Waals surface area contributed by atoms with Gasteiger partial charge in [0.15, 0.2) is 0 Å². The van der Waals surface area contributed by atoms with E-state index < -0.39 is 54.0 Å². The summed E-state index contributed by atoms with van der Waals surface area (Å²) < 4.78 is 86.9. The first-order valence-electron chi connectivity index (χ1n) is 9.58. The summed E-state index contributed by atoms with van der Waals surface area (Å²) in [4.78, 5) is 18.4. The lowest BCUT2D eigenvalue weighted by molar-refractivity contribution is -0.137. The van der Waals surface area contributed by atoms with Gasteiger partial charge in [0.2, 0.25) is 5.88 Å². The molecule has 1 fully saturated rings. The number of likely N-dealkylation sites (tertiary alicyclic amines) is 1. The highest BCUT2D eigenvalue weighted by Gasteiger charge is 2.52. The van der Waals surface area contributed by atoms with Gasteiger partial charge in [0.1, 0.15) is 29.7 Å². The van der Waals surface area contributed by atoms with Gasteiger partial charge in [-0.2, -0.15) is 28.2 Å². The van der Waals surface area contributed by atoms with Crippen molar-refractivity contribution in [1.82, 2.24) is 24.9 Å². The minimum absolute atomic E-state index is 0.0377. The summed E-state index contributed by atoms with van der Waals surface area (Å²) in [6.07, 6.45) is -2.20. The Labute approximate surface area is 182 Å². The Kier molecular flexibility index (Phi) is 5.72. The Balaban J connectivity index is 1.58. The number of nitrogens with zero attached hydrogens (tertiary/aromatic N) is 5. The van der Waals surface area contributed by atoms with Crippen molar-refractivity contribution < 1.29 is 35.9 Å². The van der Waals surface area contributed by atoms with Gasteiger partial charge in [-0.1, -0.05) is 6.07 Å². The molecule has 1 aliphatic heterocycles. The molecule has 1 aromatic carbocycles. The molecule has 0 saturated carbocycles. The summed E-state index contributed by atoms with van der Waals surface area (Å²) in [6.45, 7) is -1.15. The molecule has 0 aliphatic carbocycles. The minimum atomic E-state index is -4.62.